The Labute approximate surface area is 200 Å². The van der Waals surface area contributed by atoms with Gasteiger partial charge in [-0.05, 0) is 53.0 Å². The molecule has 2 atom stereocenters. The number of nitrogens with zero attached hydrogens (tertiary/aromatic N) is 2. The summed E-state index contributed by atoms with van der Waals surface area (Å²) in [5.74, 6) is 0. The molecule has 0 radical (unpaired) electrons. The van der Waals surface area contributed by atoms with Gasteiger partial charge in [0.15, 0.2) is 6.29 Å². The molecule has 7 rings (SSSR count). The Kier molecular flexibility index (Phi) is 4.34. The van der Waals surface area contributed by atoms with E-state index >= 15 is 0 Å². The van der Waals surface area contributed by atoms with Gasteiger partial charge >= 0.3 is 0 Å². The molecule has 0 saturated heterocycles. The third kappa shape index (κ3) is 2.97. The van der Waals surface area contributed by atoms with Crippen molar-refractivity contribution in [1.82, 2.24) is 0 Å². The van der Waals surface area contributed by atoms with E-state index in [0.29, 0.717) is 0 Å². The predicted octanol–water partition coefficient (Wildman–Crippen LogP) is 7.29. The maximum atomic E-state index is 3.80. The van der Waals surface area contributed by atoms with E-state index < -0.39 is 0 Å². The molecular weight excluding hydrogens is 414 g/mol. The van der Waals surface area contributed by atoms with E-state index in [2.05, 4.69) is 136 Å². The Bertz CT molecular complexity index is 1420. The summed E-state index contributed by atoms with van der Waals surface area (Å²) in [6.45, 7) is 0. The van der Waals surface area contributed by atoms with Gasteiger partial charge in [0.05, 0.1) is 28.8 Å². The number of fused-ring (bicyclic) bond motifs is 5. The van der Waals surface area contributed by atoms with Crippen LogP contribution in [-0.4, -0.2) is 12.3 Å². The second-order valence-corrected chi connectivity index (χ2v) is 9.10. The van der Waals surface area contributed by atoms with Crippen molar-refractivity contribution in [3.63, 3.8) is 0 Å². The second kappa shape index (κ2) is 7.67. The Morgan fingerprint density at radius 1 is 0.618 bits per heavy atom. The number of hydrogen-bond acceptors (Lipinski definition) is 3. The van der Waals surface area contributed by atoms with Gasteiger partial charge < -0.3 is 10.2 Å². The highest BCUT2D eigenvalue weighted by atomic mass is 15.5. The van der Waals surface area contributed by atoms with Gasteiger partial charge in [0.2, 0.25) is 0 Å². The number of hydrogen-bond donors (Lipinski definition) is 1. The smallest absolute Gasteiger partial charge is 0.183 e. The molecule has 2 heterocycles. The molecular formula is C31H25N3. The molecule has 0 amide bonds. The lowest BCUT2D eigenvalue weighted by Crippen LogP contribution is -2.48. The first-order valence-electron chi connectivity index (χ1n) is 11.9. The summed E-state index contributed by atoms with van der Waals surface area (Å²) < 4.78 is 0. The number of allylic oxidation sites excluding steroid dienone is 2. The normalized spacial score (nSPS) is 20.1. The van der Waals surface area contributed by atoms with E-state index in [4.69, 9.17) is 0 Å². The maximum Gasteiger partial charge on any atom is 0.183 e. The SMILES string of the molecule is C1=C(c2ccccc2)C=C(c2ccccc2)CC1N1c2ccccc2N2c3ccccc3NC21. The molecule has 34 heavy (non-hydrogen) atoms. The Morgan fingerprint density at radius 2 is 1.24 bits per heavy atom. The van der Waals surface area contributed by atoms with Crippen molar-refractivity contribution in [3.8, 4) is 0 Å². The molecule has 2 aliphatic heterocycles. The largest absolute Gasteiger partial charge is 0.346 e. The van der Waals surface area contributed by atoms with E-state index in [9.17, 15) is 0 Å². The van der Waals surface area contributed by atoms with Crippen molar-refractivity contribution < 1.29 is 0 Å². The van der Waals surface area contributed by atoms with Crippen LogP contribution in [0.2, 0.25) is 0 Å². The molecule has 2 unspecified atom stereocenters. The van der Waals surface area contributed by atoms with Crippen molar-refractivity contribution >= 4 is 33.9 Å². The standard InChI is InChI=1S/C31H25N3/c1-3-11-22(12-4-1)24-19-25(23-13-5-2-6-14-23)21-26(20-24)33-29-17-9-10-18-30(29)34-28-16-8-7-15-27(28)32-31(33)34/h1-20,26,31-32H,21H2. The zero-order valence-corrected chi connectivity index (χ0v) is 18.8. The first-order valence-corrected chi connectivity index (χ1v) is 11.9. The minimum Gasteiger partial charge on any atom is -0.346 e. The van der Waals surface area contributed by atoms with Crippen LogP contribution in [0.15, 0.2) is 121 Å². The van der Waals surface area contributed by atoms with Gasteiger partial charge in [0, 0.05) is 0 Å². The van der Waals surface area contributed by atoms with Crippen molar-refractivity contribution in [2.24, 2.45) is 0 Å². The molecule has 0 aromatic heterocycles. The van der Waals surface area contributed by atoms with E-state index in [1.54, 1.807) is 0 Å². The van der Waals surface area contributed by atoms with Gasteiger partial charge in [-0.2, -0.15) is 0 Å². The van der Waals surface area contributed by atoms with Crippen molar-refractivity contribution in [2.45, 2.75) is 18.8 Å². The fraction of sp³-hybridized carbons (Fsp3) is 0.0968. The van der Waals surface area contributed by atoms with Crippen LogP contribution in [0.5, 0.6) is 0 Å². The zero-order valence-electron chi connectivity index (χ0n) is 18.8. The van der Waals surface area contributed by atoms with Crippen LogP contribution in [0, 0.1) is 0 Å². The fourth-order valence-corrected chi connectivity index (χ4v) is 5.60. The Hall–Kier alpha value is -4.24. The second-order valence-electron chi connectivity index (χ2n) is 9.10. The molecule has 3 aliphatic rings. The molecule has 1 aliphatic carbocycles. The number of para-hydroxylation sites is 4. The van der Waals surface area contributed by atoms with Gasteiger partial charge in [0.1, 0.15) is 0 Å². The summed E-state index contributed by atoms with van der Waals surface area (Å²) in [6.07, 6.45) is 5.84. The van der Waals surface area contributed by atoms with Crippen LogP contribution < -0.4 is 15.1 Å². The summed E-state index contributed by atoms with van der Waals surface area (Å²) >= 11 is 0. The topological polar surface area (TPSA) is 18.5 Å². The molecule has 0 spiro atoms. The first kappa shape index (κ1) is 19.2. The predicted molar refractivity (Wildman–Crippen MR) is 142 cm³/mol. The minimum absolute atomic E-state index is 0.0585. The summed E-state index contributed by atoms with van der Waals surface area (Å²) in [7, 11) is 0. The summed E-state index contributed by atoms with van der Waals surface area (Å²) in [4.78, 5) is 5.01. The van der Waals surface area contributed by atoms with Gasteiger partial charge in [-0.1, -0.05) is 97.1 Å². The van der Waals surface area contributed by atoms with Crippen LogP contribution >= 0.6 is 0 Å². The first-order chi connectivity index (χ1) is 16.9. The van der Waals surface area contributed by atoms with Gasteiger partial charge in [-0.15, -0.1) is 0 Å². The summed E-state index contributed by atoms with van der Waals surface area (Å²) in [6, 6.07) is 39.2. The third-order valence-corrected chi connectivity index (χ3v) is 7.12. The quantitative estimate of drug-likeness (QED) is 0.361. The lowest BCUT2D eigenvalue weighted by molar-refractivity contribution is 0.638. The van der Waals surface area contributed by atoms with E-state index in [0.717, 1.165) is 6.42 Å². The van der Waals surface area contributed by atoms with Crippen molar-refractivity contribution in [3.05, 3.63) is 132 Å². The average Bonchev–Trinajstić information content (AvgIpc) is 3.44. The van der Waals surface area contributed by atoms with Crippen LogP contribution in [0.1, 0.15) is 17.5 Å². The average molecular weight is 440 g/mol. The summed E-state index contributed by atoms with van der Waals surface area (Å²) in [5, 5.41) is 3.80. The van der Waals surface area contributed by atoms with Crippen molar-refractivity contribution in [1.29, 1.82) is 0 Å². The van der Waals surface area contributed by atoms with Gasteiger partial charge in [0.25, 0.3) is 0 Å². The minimum atomic E-state index is 0.0585. The Balaban J connectivity index is 1.36. The zero-order chi connectivity index (χ0) is 22.5. The molecule has 164 valence electrons. The molecule has 0 fully saturated rings. The highest BCUT2D eigenvalue weighted by Gasteiger charge is 2.44. The Morgan fingerprint density at radius 3 is 2.00 bits per heavy atom. The molecule has 1 N–H and O–H groups in total. The van der Waals surface area contributed by atoms with Crippen LogP contribution in [0.3, 0.4) is 0 Å². The van der Waals surface area contributed by atoms with E-state index in [1.807, 2.05) is 0 Å². The number of benzene rings is 4. The van der Waals surface area contributed by atoms with Crippen molar-refractivity contribution in [2.75, 3.05) is 15.1 Å². The molecule has 3 heteroatoms. The number of rotatable bonds is 3. The lowest BCUT2D eigenvalue weighted by atomic mass is 9.87. The highest BCUT2D eigenvalue weighted by Crippen LogP contribution is 2.52. The number of nitrogens with one attached hydrogen (secondary N) is 1. The molecule has 4 aromatic carbocycles. The fourth-order valence-electron chi connectivity index (χ4n) is 5.60. The highest BCUT2D eigenvalue weighted by molar-refractivity contribution is 5.94. The molecule has 0 saturated carbocycles. The van der Waals surface area contributed by atoms with Crippen LogP contribution in [0.4, 0.5) is 22.7 Å². The molecule has 0 bridgehead atoms. The molecule has 3 nitrogen and oxygen atoms in total. The van der Waals surface area contributed by atoms with Crippen LogP contribution in [0.25, 0.3) is 11.1 Å². The lowest BCUT2D eigenvalue weighted by Gasteiger charge is -2.36. The van der Waals surface area contributed by atoms with E-state index in [1.165, 1.54) is 45.0 Å². The van der Waals surface area contributed by atoms with Gasteiger partial charge in [-0.3, -0.25) is 4.90 Å². The van der Waals surface area contributed by atoms with Crippen LogP contribution in [-0.2, 0) is 0 Å². The monoisotopic (exact) mass is 439 g/mol. The van der Waals surface area contributed by atoms with E-state index in [-0.39, 0.29) is 12.3 Å². The number of anilines is 4. The molecule has 4 aromatic rings. The summed E-state index contributed by atoms with van der Waals surface area (Å²) in [5.41, 5.74) is 10.2. The maximum absolute atomic E-state index is 3.80. The van der Waals surface area contributed by atoms with Gasteiger partial charge in [-0.25, -0.2) is 0 Å². The third-order valence-electron chi connectivity index (χ3n) is 7.12.